The molecule has 0 amide bonds. The zero-order valence-corrected chi connectivity index (χ0v) is 12.7. The Balaban J connectivity index is 2.56. The van der Waals surface area contributed by atoms with Crippen molar-refractivity contribution >= 4 is 0 Å². The molecule has 0 saturated heterocycles. The van der Waals surface area contributed by atoms with Crippen LogP contribution in [0.3, 0.4) is 0 Å². The highest BCUT2D eigenvalue weighted by Crippen LogP contribution is 2.41. The average molecular weight is 257 g/mol. The van der Waals surface area contributed by atoms with Crippen LogP contribution >= 0.6 is 0 Å². The lowest BCUT2D eigenvalue weighted by Crippen LogP contribution is -2.46. The van der Waals surface area contributed by atoms with Crippen LogP contribution in [0.1, 0.15) is 53.4 Å². The second-order valence-corrected chi connectivity index (χ2v) is 6.46. The van der Waals surface area contributed by atoms with Crippen molar-refractivity contribution in [2.75, 3.05) is 13.7 Å². The lowest BCUT2D eigenvalue weighted by Gasteiger charge is -2.42. The molecule has 1 aliphatic rings. The van der Waals surface area contributed by atoms with Crippen molar-refractivity contribution in [3.63, 3.8) is 0 Å². The van der Waals surface area contributed by atoms with Crippen LogP contribution < -0.4 is 5.73 Å². The number of hydrogen-bond donors (Lipinski definition) is 1. The molecule has 0 heterocycles. The Bertz CT molecular complexity index is 243. The Morgan fingerprint density at radius 1 is 1.33 bits per heavy atom. The molecule has 4 unspecified atom stereocenters. The summed E-state index contributed by atoms with van der Waals surface area (Å²) in [6, 6.07) is 0.188. The summed E-state index contributed by atoms with van der Waals surface area (Å²) in [5.41, 5.74) is 6.60. The third-order valence-electron chi connectivity index (χ3n) is 4.67. The second-order valence-electron chi connectivity index (χ2n) is 6.46. The van der Waals surface area contributed by atoms with Crippen LogP contribution in [0.15, 0.2) is 0 Å². The largest absolute Gasteiger partial charge is 0.382 e. The highest BCUT2D eigenvalue weighted by atomic mass is 16.5. The maximum Gasteiger partial charge on any atom is 0.0784 e. The van der Waals surface area contributed by atoms with Gasteiger partial charge >= 0.3 is 0 Å². The van der Waals surface area contributed by atoms with E-state index < -0.39 is 0 Å². The normalized spacial score (nSPS) is 31.3. The molecule has 1 aliphatic carbocycles. The predicted octanol–water partition coefficient (Wildman–Crippen LogP) is 2.97. The molecule has 0 aliphatic heterocycles. The first-order chi connectivity index (χ1) is 8.40. The maximum atomic E-state index is 6.20. The molecule has 0 aromatic rings. The van der Waals surface area contributed by atoms with E-state index in [-0.39, 0.29) is 18.2 Å². The summed E-state index contributed by atoms with van der Waals surface area (Å²) >= 11 is 0. The van der Waals surface area contributed by atoms with Gasteiger partial charge < -0.3 is 15.2 Å². The summed E-state index contributed by atoms with van der Waals surface area (Å²) in [5.74, 6) is 0.724. The third kappa shape index (κ3) is 4.22. The minimum atomic E-state index is 0.134. The molecule has 3 heteroatoms. The van der Waals surface area contributed by atoms with Crippen LogP contribution in [-0.2, 0) is 9.47 Å². The molecule has 3 nitrogen and oxygen atoms in total. The summed E-state index contributed by atoms with van der Waals surface area (Å²) in [6.07, 6.45) is 4.96. The van der Waals surface area contributed by atoms with Crippen molar-refractivity contribution in [2.24, 2.45) is 17.1 Å². The van der Waals surface area contributed by atoms with Gasteiger partial charge in [-0.05, 0) is 37.5 Å². The fraction of sp³-hybridized carbons (Fsp3) is 1.00. The van der Waals surface area contributed by atoms with Crippen LogP contribution in [0.5, 0.6) is 0 Å². The first-order valence-electron chi connectivity index (χ1n) is 7.30. The Labute approximate surface area is 112 Å². The highest BCUT2D eigenvalue weighted by molar-refractivity contribution is 4.89. The average Bonchev–Trinajstić information content (AvgIpc) is 2.32. The van der Waals surface area contributed by atoms with E-state index in [1.165, 1.54) is 12.8 Å². The van der Waals surface area contributed by atoms with Crippen molar-refractivity contribution in [3.05, 3.63) is 0 Å². The minimum Gasteiger partial charge on any atom is -0.382 e. The van der Waals surface area contributed by atoms with Crippen LogP contribution in [0.4, 0.5) is 0 Å². The molecule has 108 valence electrons. The molecule has 4 atom stereocenters. The van der Waals surface area contributed by atoms with E-state index in [9.17, 15) is 0 Å². The van der Waals surface area contributed by atoms with Gasteiger partial charge in [0.1, 0.15) is 0 Å². The molecule has 0 aromatic carbocycles. The van der Waals surface area contributed by atoms with E-state index in [1.54, 1.807) is 7.11 Å². The highest BCUT2D eigenvalue weighted by Gasteiger charge is 2.36. The summed E-state index contributed by atoms with van der Waals surface area (Å²) in [7, 11) is 1.71. The third-order valence-corrected chi connectivity index (χ3v) is 4.67. The van der Waals surface area contributed by atoms with E-state index in [4.69, 9.17) is 15.2 Å². The van der Waals surface area contributed by atoms with E-state index in [1.807, 2.05) is 0 Å². The van der Waals surface area contributed by atoms with Gasteiger partial charge in [0.25, 0.3) is 0 Å². The van der Waals surface area contributed by atoms with Crippen molar-refractivity contribution in [1.29, 1.82) is 0 Å². The topological polar surface area (TPSA) is 44.5 Å². The number of rotatable bonds is 6. The Morgan fingerprint density at radius 2 is 2.00 bits per heavy atom. The summed E-state index contributed by atoms with van der Waals surface area (Å²) in [6.45, 7) is 9.71. The quantitative estimate of drug-likeness (QED) is 0.795. The van der Waals surface area contributed by atoms with Gasteiger partial charge in [0, 0.05) is 13.2 Å². The van der Waals surface area contributed by atoms with Gasteiger partial charge in [0.15, 0.2) is 0 Å². The fourth-order valence-electron chi connectivity index (χ4n) is 2.88. The van der Waals surface area contributed by atoms with Crippen molar-refractivity contribution in [3.8, 4) is 0 Å². The number of methoxy groups -OCH3 is 1. The Morgan fingerprint density at radius 3 is 2.56 bits per heavy atom. The number of hydrogen-bond acceptors (Lipinski definition) is 3. The Hall–Kier alpha value is -0.120. The standard InChI is InChI=1S/C15H31NO2/c1-6-15(3,4)12-7-8-13(16)14(9-12)18-11(2)10-17-5/h11-14H,6-10,16H2,1-5H3. The van der Waals surface area contributed by atoms with Crippen molar-refractivity contribution in [1.82, 2.24) is 0 Å². The molecule has 0 radical (unpaired) electrons. The van der Waals surface area contributed by atoms with Crippen LogP contribution in [0.25, 0.3) is 0 Å². The van der Waals surface area contributed by atoms with Crippen LogP contribution in [0.2, 0.25) is 0 Å². The molecule has 1 saturated carbocycles. The molecule has 2 N–H and O–H groups in total. The maximum absolute atomic E-state index is 6.20. The van der Waals surface area contributed by atoms with Gasteiger partial charge in [-0.25, -0.2) is 0 Å². The summed E-state index contributed by atoms with van der Waals surface area (Å²) in [5, 5.41) is 0. The van der Waals surface area contributed by atoms with E-state index in [0.717, 1.165) is 18.8 Å². The molecular formula is C15H31NO2. The lowest BCUT2D eigenvalue weighted by atomic mass is 9.68. The molecule has 0 aromatic heterocycles. The number of ether oxygens (including phenoxy) is 2. The Kier molecular flexibility index (Phi) is 6.09. The summed E-state index contributed by atoms with van der Waals surface area (Å²) in [4.78, 5) is 0. The van der Waals surface area contributed by atoms with E-state index in [0.29, 0.717) is 12.0 Å². The smallest absolute Gasteiger partial charge is 0.0784 e. The fourth-order valence-corrected chi connectivity index (χ4v) is 2.88. The SMILES string of the molecule is CCC(C)(C)C1CCC(N)C(OC(C)COC)C1. The van der Waals surface area contributed by atoms with E-state index >= 15 is 0 Å². The van der Waals surface area contributed by atoms with Gasteiger partial charge in [-0.1, -0.05) is 27.2 Å². The monoisotopic (exact) mass is 257 g/mol. The zero-order valence-electron chi connectivity index (χ0n) is 12.7. The first-order valence-corrected chi connectivity index (χ1v) is 7.30. The number of nitrogens with two attached hydrogens (primary N) is 1. The van der Waals surface area contributed by atoms with Gasteiger partial charge in [0.05, 0.1) is 18.8 Å². The van der Waals surface area contributed by atoms with Crippen molar-refractivity contribution < 1.29 is 9.47 Å². The molecule has 1 fully saturated rings. The zero-order chi connectivity index (χ0) is 13.8. The molecule has 18 heavy (non-hydrogen) atoms. The van der Waals surface area contributed by atoms with Gasteiger partial charge in [0.2, 0.25) is 0 Å². The predicted molar refractivity (Wildman–Crippen MR) is 75.6 cm³/mol. The van der Waals surface area contributed by atoms with E-state index in [2.05, 4.69) is 27.7 Å². The first kappa shape index (κ1) is 15.9. The van der Waals surface area contributed by atoms with Gasteiger partial charge in [-0.3, -0.25) is 0 Å². The second kappa shape index (κ2) is 6.88. The minimum absolute atomic E-state index is 0.134. The lowest BCUT2D eigenvalue weighted by molar-refractivity contribution is -0.0786. The van der Waals surface area contributed by atoms with Gasteiger partial charge in [-0.2, -0.15) is 0 Å². The molecular weight excluding hydrogens is 226 g/mol. The molecule has 1 rings (SSSR count). The van der Waals surface area contributed by atoms with Crippen LogP contribution in [0, 0.1) is 11.3 Å². The van der Waals surface area contributed by atoms with Crippen molar-refractivity contribution in [2.45, 2.75) is 71.6 Å². The summed E-state index contributed by atoms with van der Waals surface area (Å²) < 4.78 is 11.2. The van der Waals surface area contributed by atoms with Gasteiger partial charge in [-0.15, -0.1) is 0 Å². The molecule has 0 spiro atoms. The molecule has 0 bridgehead atoms. The van der Waals surface area contributed by atoms with Crippen LogP contribution in [-0.4, -0.2) is 32.0 Å².